The van der Waals surface area contributed by atoms with E-state index in [1.807, 2.05) is 61.2 Å². The lowest BCUT2D eigenvalue weighted by molar-refractivity contribution is -0.136. The lowest BCUT2D eigenvalue weighted by atomic mass is 9.83. The van der Waals surface area contributed by atoms with Gasteiger partial charge in [-0.1, -0.05) is 54.6 Å². The summed E-state index contributed by atoms with van der Waals surface area (Å²) in [6, 6.07) is 18.3. The van der Waals surface area contributed by atoms with Crippen LogP contribution in [0.2, 0.25) is 0 Å². The van der Waals surface area contributed by atoms with Crippen molar-refractivity contribution in [1.82, 2.24) is 4.90 Å². The number of amides is 1. The second-order valence-corrected chi connectivity index (χ2v) is 5.92. The molecule has 1 aliphatic rings. The van der Waals surface area contributed by atoms with Gasteiger partial charge in [-0.25, -0.2) is 0 Å². The summed E-state index contributed by atoms with van der Waals surface area (Å²) in [6.07, 6.45) is 0. The van der Waals surface area contributed by atoms with Crippen molar-refractivity contribution >= 4 is 5.91 Å². The summed E-state index contributed by atoms with van der Waals surface area (Å²) in [5.41, 5.74) is 3.12. The normalized spacial score (nSPS) is 14.2. The fourth-order valence-corrected chi connectivity index (χ4v) is 2.85. The number of hydrogen-bond acceptors (Lipinski definition) is 1. The van der Waals surface area contributed by atoms with E-state index in [2.05, 4.69) is 12.1 Å². The maximum absolute atomic E-state index is 12.9. The SMILES string of the molecule is CC(C)(C(=O)N1Cc2ccccc2C1)c1ccccc1. The highest BCUT2D eigenvalue weighted by Gasteiger charge is 2.35. The van der Waals surface area contributed by atoms with Crippen LogP contribution in [0.25, 0.3) is 0 Å². The van der Waals surface area contributed by atoms with E-state index >= 15 is 0 Å². The first kappa shape index (κ1) is 12.9. The summed E-state index contributed by atoms with van der Waals surface area (Å²) in [4.78, 5) is 14.8. The van der Waals surface area contributed by atoms with Crippen LogP contribution in [0.5, 0.6) is 0 Å². The fraction of sp³-hybridized carbons (Fsp3) is 0.278. The van der Waals surface area contributed by atoms with Gasteiger partial charge < -0.3 is 4.90 Å². The Morgan fingerprint density at radius 3 is 1.95 bits per heavy atom. The Morgan fingerprint density at radius 1 is 0.900 bits per heavy atom. The maximum Gasteiger partial charge on any atom is 0.233 e. The highest BCUT2D eigenvalue weighted by Crippen LogP contribution is 2.30. The Balaban J connectivity index is 1.84. The summed E-state index contributed by atoms with van der Waals surface area (Å²) in [5.74, 6) is 0.194. The monoisotopic (exact) mass is 265 g/mol. The molecule has 0 N–H and O–H groups in total. The predicted molar refractivity (Wildman–Crippen MR) is 80.2 cm³/mol. The number of nitrogens with zero attached hydrogens (tertiary/aromatic N) is 1. The molecule has 2 nitrogen and oxygen atoms in total. The molecule has 0 unspecified atom stereocenters. The minimum atomic E-state index is -0.483. The van der Waals surface area contributed by atoms with Gasteiger partial charge >= 0.3 is 0 Å². The third kappa shape index (κ3) is 2.11. The highest BCUT2D eigenvalue weighted by atomic mass is 16.2. The van der Waals surface area contributed by atoms with Gasteiger partial charge in [0.1, 0.15) is 0 Å². The molecular weight excluding hydrogens is 246 g/mol. The second kappa shape index (κ2) is 4.78. The highest BCUT2D eigenvalue weighted by molar-refractivity contribution is 5.87. The standard InChI is InChI=1S/C18H19NO/c1-18(2,16-10-4-3-5-11-16)17(20)19-12-14-8-6-7-9-15(14)13-19/h3-11H,12-13H2,1-2H3. The van der Waals surface area contributed by atoms with Crippen LogP contribution in [0.1, 0.15) is 30.5 Å². The quantitative estimate of drug-likeness (QED) is 0.813. The van der Waals surface area contributed by atoms with E-state index in [0.29, 0.717) is 0 Å². The topological polar surface area (TPSA) is 20.3 Å². The number of hydrogen-bond donors (Lipinski definition) is 0. The lowest BCUT2D eigenvalue weighted by Gasteiger charge is -2.29. The number of carbonyl (C=O) groups is 1. The van der Waals surface area contributed by atoms with Crippen molar-refractivity contribution in [2.24, 2.45) is 0 Å². The van der Waals surface area contributed by atoms with Crippen molar-refractivity contribution < 1.29 is 4.79 Å². The molecular formula is C18H19NO. The smallest absolute Gasteiger partial charge is 0.233 e. The average Bonchev–Trinajstić information content (AvgIpc) is 2.91. The van der Waals surface area contributed by atoms with Crippen molar-refractivity contribution in [3.05, 3.63) is 71.3 Å². The van der Waals surface area contributed by atoms with Gasteiger partial charge in [0.15, 0.2) is 0 Å². The number of rotatable bonds is 2. The Morgan fingerprint density at radius 2 is 1.40 bits per heavy atom. The molecule has 0 fully saturated rings. The molecule has 0 aliphatic carbocycles. The first-order valence-electron chi connectivity index (χ1n) is 7.01. The van der Waals surface area contributed by atoms with Crippen LogP contribution >= 0.6 is 0 Å². The molecule has 0 saturated heterocycles. The van der Waals surface area contributed by atoms with Gasteiger partial charge in [0.2, 0.25) is 5.91 Å². The molecule has 0 aromatic heterocycles. The maximum atomic E-state index is 12.9. The molecule has 3 rings (SSSR count). The third-order valence-corrected chi connectivity index (χ3v) is 4.16. The Hall–Kier alpha value is -2.09. The van der Waals surface area contributed by atoms with E-state index in [1.165, 1.54) is 11.1 Å². The molecule has 0 saturated carbocycles. The fourth-order valence-electron chi connectivity index (χ4n) is 2.85. The van der Waals surface area contributed by atoms with Crippen LogP contribution in [0.15, 0.2) is 54.6 Å². The summed E-state index contributed by atoms with van der Waals surface area (Å²) in [6.45, 7) is 5.47. The minimum Gasteiger partial charge on any atom is -0.333 e. The van der Waals surface area contributed by atoms with Gasteiger partial charge in [0, 0.05) is 13.1 Å². The van der Waals surface area contributed by atoms with Crippen molar-refractivity contribution in [3.8, 4) is 0 Å². The molecule has 2 aromatic carbocycles. The zero-order chi connectivity index (χ0) is 14.2. The number of carbonyl (C=O) groups excluding carboxylic acids is 1. The molecule has 1 amide bonds. The van der Waals surface area contributed by atoms with E-state index in [-0.39, 0.29) is 5.91 Å². The molecule has 2 aromatic rings. The Bertz CT molecular complexity index is 606. The summed E-state index contributed by atoms with van der Waals surface area (Å²) in [5, 5.41) is 0. The molecule has 0 atom stereocenters. The van der Waals surface area contributed by atoms with E-state index in [4.69, 9.17) is 0 Å². The predicted octanol–water partition coefficient (Wildman–Crippen LogP) is 3.51. The number of fused-ring (bicyclic) bond motifs is 1. The van der Waals surface area contributed by atoms with Crippen LogP contribution in [-0.4, -0.2) is 10.8 Å². The summed E-state index contributed by atoms with van der Waals surface area (Å²) < 4.78 is 0. The van der Waals surface area contributed by atoms with Gasteiger partial charge in [-0.15, -0.1) is 0 Å². The van der Waals surface area contributed by atoms with E-state index in [9.17, 15) is 4.79 Å². The van der Waals surface area contributed by atoms with Crippen LogP contribution < -0.4 is 0 Å². The second-order valence-electron chi connectivity index (χ2n) is 5.92. The molecule has 2 heteroatoms. The van der Waals surface area contributed by atoms with Gasteiger partial charge in [-0.05, 0) is 30.5 Å². The molecule has 20 heavy (non-hydrogen) atoms. The zero-order valence-electron chi connectivity index (χ0n) is 12.0. The molecule has 102 valence electrons. The molecule has 0 spiro atoms. The van der Waals surface area contributed by atoms with Crippen LogP contribution in [-0.2, 0) is 23.3 Å². The van der Waals surface area contributed by atoms with Gasteiger partial charge in [-0.2, -0.15) is 0 Å². The Kier molecular flexibility index (Phi) is 3.09. The third-order valence-electron chi connectivity index (χ3n) is 4.16. The Labute approximate surface area is 120 Å². The largest absolute Gasteiger partial charge is 0.333 e. The molecule has 1 aliphatic heterocycles. The molecule has 0 bridgehead atoms. The summed E-state index contributed by atoms with van der Waals surface area (Å²) in [7, 11) is 0. The van der Waals surface area contributed by atoms with Crippen molar-refractivity contribution in [1.29, 1.82) is 0 Å². The lowest BCUT2D eigenvalue weighted by Crippen LogP contribution is -2.40. The molecule has 1 heterocycles. The van der Waals surface area contributed by atoms with Crippen LogP contribution in [0, 0.1) is 0 Å². The first-order valence-corrected chi connectivity index (χ1v) is 7.01. The van der Waals surface area contributed by atoms with Crippen LogP contribution in [0.3, 0.4) is 0 Å². The van der Waals surface area contributed by atoms with Gasteiger partial charge in [0.05, 0.1) is 5.41 Å². The average molecular weight is 265 g/mol. The van der Waals surface area contributed by atoms with Crippen molar-refractivity contribution in [2.75, 3.05) is 0 Å². The zero-order valence-corrected chi connectivity index (χ0v) is 12.0. The van der Waals surface area contributed by atoms with Crippen molar-refractivity contribution in [2.45, 2.75) is 32.4 Å². The van der Waals surface area contributed by atoms with E-state index in [0.717, 1.165) is 18.7 Å². The minimum absolute atomic E-state index is 0.194. The first-order chi connectivity index (χ1) is 9.59. The van der Waals surface area contributed by atoms with E-state index < -0.39 is 5.41 Å². The van der Waals surface area contributed by atoms with E-state index in [1.54, 1.807) is 0 Å². The molecule has 0 radical (unpaired) electrons. The van der Waals surface area contributed by atoms with Gasteiger partial charge in [-0.3, -0.25) is 4.79 Å². The van der Waals surface area contributed by atoms with Crippen LogP contribution in [0.4, 0.5) is 0 Å². The summed E-state index contributed by atoms with van der Waals surface area (Å²) >= 11 is 0. The van der Waals surface area contributed by atoms with Gasteiger partial charge in [0.25, 0.3) is 0 Å². The number of benzene rings is 2. The van der Waals surface area contributed by atoms with Crippen molar-refractivity contribution in [3.63, 3.8) is 0 Å².